The number of ether oxygens (including phenoxy) is 1. The Kier molecular flexibility index (Phi) is 5.71. The molecule has 20 heavy (non-hydrogen) atoms. The van der Waals surface area contributed by atoms with Gasteiger partial charge in [-0.25, -0.2) is 0 Å². The van der Waals surface area contributed by atoms with Gasteiger partial charge in [0.15, 0.2) is 0 Å². The van der Waals surface area contributed by atoms with Gasteiger partial charge in [-0.05, 0) is 30.3 Å². The molecule has 0 saturated heterocycles. The lowest BCUT2D eigenvalue weighted by atomic mass is 10.3. The van der Waals surface area contributed by atoms with Crippen LogP contribution in [0.4, 0.5) is 5.69 Å². The summed E-state index contributed by atoms with van der Waals surface area (Å²) in [6, 6.07) is 15.0. The van der Waals surface area contributed by atoms with Crippen molar-refractivity contribution < 1.29 is 9.84 Å². The summed E-state index contributed by atoms with van der Waals surface area (Å²) in [5.41, 5.74) is 0.786. The van der Waals surface area contributed by atoms with Crippen molar-refractivity contribution in [2.75, 3.05) is 18.5 Å². The number of aliphatic hydroxyl groups excluding tert-OH is 1. The largest absolute Gasteiger partial charge is 0.491 e. The fourth-order valence-electron chi connectivity index (χ4n) is 1.63. The lowest BCUT2D eigenvalue weighted by Crippen LogP contribution is -2.26. The molecule has 0 aliphatic heterocycles. The monoisotopic (exact) mass is 355 g/mol. The molecular weight excluding hydrogens is 342 g/mol. The van der Waals surface area contributed by atoms with Crippen LogP contribution >= 0.6 is 27.5 Å². The lowest BCUT2D eigenvalue weighted by molar-refractivity contribution is 0.117. The summed E-state index contributed by atoms with van der Waals surface area (Å²) in [6.45, 7) is 0.597. The Morgan fingerprint density at radius 2 is 1.95 bits per heavy atom. The van der Waals surface area contributed by atoms with Crippen molar-refractivity contribution in [3.05, 3.63) is 58.0 Å². The van der Waals surface area contributed by atoms with Crippen LogP contribution in [0.5, 0.6) is 5.75 Å². The minimum Gasteiger partial charge on any atom is -0.491 e. The van der Waals surface area contributed by atoms with Crippen LogP contribution in [0.25, 0.3) is 0 Å². The zero-order chi connectivity index (χ0) is 14.4. The average molecular weight is 357 g/mol. The van der Waals surface area contributed by atoms with E-state index in [2.05, 4.69) is 21.2 Å². The zero-order valence-corrected chi connectivity index (χ0v) is 13.1. The molecule has 2 aromatic rings. The van der Waals surface area contributed by atoms with Gasteiger partial charge in [-0.1, -0.05) is 45.7 Å². The summed E-state index contributed by atoms with van der Waals surface area (Å²) in [6.07, 6.45) is -0.616. The van der Waals surface area contributed by atoms with Crippen molar-refractivity contribution in [2.24, 2.45) is 0 Å². The Morgan fingerprint density at radius 3 is 2.65 bits per heavy atom. The fraction of sp³-hybridized carbons (Fsp3) is 0.200. The standard InChI is InChI=1S/C15H15BrClNO2/c16-11-6-7-15(14(17)8-11)18-9-12(19)10-20-13-4-2-1-3-5-13/h1-8,12,18-19H,9-10H2. The second kappa shape index (κ2) is 7.53. The highest BCUT2D eigenvalue weighted by molar-refractivity contribution is 9.10. The molecule has 0 aliphatic rings. The van der Waals surface area contributed by atoms with E-state index in [0.717, 1.165) is 15.9 Å². The van der Waals surface area contributed by atoms with E-state index in [1.807, 2.05) is 42.5 Å². The van der Waals surface area contributed by atoms with Crippen LogP contribution in [-0.2, 0) is 0 Å². The fourth-order valence-corrected chi connectivity index (χ4v) is 2.37. The van der Waals surface area contributed by atoms with E-state index >= 15 is 0 Å². The van der Waals surface area contributed by atoms with Crippen LogP contribution in [-0.4, -0.2) is 24.4 Å². The maximum absolute atomic E-state index is 9.88. The summed E-state index contributed by atoms with van der Waals surface area (Å²) < 4.78 is 6.39. The molecule has 3 nitrogen and oxygen atoms in total. The first-order valence-corrected chi connectivity index (χ1v) is 7.37. The summed E-state index contributed by atoms with van der Waals surface area (Å²) in [7, 11) is 0. The van der Waals surface area contributed by atoms with Gasteiger partial charge in [0, 0.05) is 11.0 Å². The number of halogens is 2. The number of hydrogen-bond acceptors (Lipinski definition) is 3. The minimum absolute atomic E-state index is 0.227. The first-order valence-electron chi connectivity index (χ1n) is 6.20. The van der Waals surface area contributed by atoms with Crippen molar-refractivity contribution in [2.45, 2.75) is 6.10 Å². The molecule has 0 radical (unpaired) electrons. The molecule has 5 heteroatoms. The Balaban J connectivity index is 1.79. The van der Waals surface area contributed by atoms with Gasteiger partial charge in [-0.15, -0.1) is 0 Å². The predicted octanol–water partition coefficient (Wildman–Crippen LogP) is 3.95. The quantitative estimate of drug-likeness (QED) is 0.823. The number of para-hydroxylation sites is 1. The normalized spacial score (nSPS) is 11.9. The van der Waals surface area contributed by atoms with Crippen LogP contribution in [0.1, 0.15) is 0 Å². The van der Waals surface area contributed by atoms with Gasteiger partial charge in [-0.3, -0.25) is 0 Å². The van der Waals surface area contributed by atoms with E-state index in [4.69, 9.17) is 16.3 Å². The summed E-state index contributed by atoms with van der Waals surface area (Å²) >= 11 is 9.43. The Labute approximate surface area is 131 Å². The van der Waals surface area contributed by atoms with E-state index < -0.39 is 6.10 Å². The van der Waals surface area contributed by atoms with E-state index in [1.165, 1.54) is 0 Å². The number of rotatable bonds is 6. The summed E-state index contributed by atoms with van der Waals surface area (Å²) in [4.78, 5) is 0. The van der Waals surface area contributed by atoms with Crippen LogP contribution < -0.4 is 10.1 Å². The first kappa shape index (κ1) is 15.2. The highest BCUT2D eigenvalue weighted by atomic mass is 79.9. The van der Waals surface area contributed by atoms with Crippen LogP contribution in [0, 0.1) is 0 Å². The van der Waals surface area contributed by atoms with Gasteiger partial charge in [0.1, 0.15) is 18.5 Å². The Bertz CT molecular complexity index is 551. The number of aliphatic hydroxyl groups is 1. The van der Waals surface area contributed by atoms with Gasteiger partial charge >= 0.3 is 0 Å². The van der Waals surface area contributed by atoms with Crippen molar-refractivity contribution in [1.29, 1.82) is 0 Å². The van der Waals surface area contributed by atoms with E-state index in [0.29, 0.717) is 11.6 Å². The minimum atomic E-state index is -0.616. The van der Waals surface area contributed by atoms with E-state index in [1.54, 1.807) is 6.07 Å². The molecule has 0 aromatic heterocycles. The maximum Gasteiger partial charge on any atom is 0.119 e. The third-order valence-corrected chi connectivity index (χ3v) is 3.45. The number of benzene rings is 2. The molecule has 2 N–H and O–H groups in total. The molecule has 1 atom stereocenters. The number of hydrogen-bond donors (Lipinski definition) is 2. The molecule has 2 aromatic carbocycles. The molecular formula is C15H15BrClNO2. The number of anilines is 1. The Hall–Kier alpha value is -1.23. The summed E-state index contributed by atoms with van der Waals surface area (Å²) in [5.74, 6) is 0.744. The molecule has 0 amide bonds. The zero-order valence-electron chi connectivity index (χ0n) is 10.7. The highest BCUT2D eigenvalue weighted by Crippen LogP contribution is 2.25. The molecule has 1 unspecified atom stereocenters. The van der Waals surface area contributed by atoms with Gasteiger partial charge in [0.25, 0.3) is 0 Å². The predicted molar refractivity (Wildman–Crippen MR) is 85.6 cm³/mol. The maximum atomic E-state index is 9.88. The molecule has 0 fully saturated rings. The van der Waals surface area contributed by atoms with Crippen molar-refractivity contribution in [3.63, 3.8) is 0 Å². The average Bonchev–Trinajstić information content (AvgIpc) is 2.45. The molecule has 0 aliphatic carbocycles. The molecule has 0 saturated carbocycles. The smallest absolute Gasteiger partial charge is 0.119 e. The molecule has 0 spiro atoms. The lowest BCUT2D eigenvalue weighted by Gasteiger charge is -2.14. The molecule has 2 rings (SSSR count). The Morgan fingerprint density at radius 1 is 1.20 bits per heavy atom. The van der Waals surface area contributed by atoms with Crippen molar-refractivity contribution in [3.8, 4) is 5.75 Å². The third-order valence-electron chi connectivity index (χ3n) is 2.64. The molecule has 0 bridgehead atoms. The summed E-state index contributed by atoms with van der Waals surface area (Å²) in [5, 5.41) is 13.6. The second-order valence-electron chi connectivity index (χ2n) is 4.28. The van der Waals surface area contributed by atoms with E-state index in [-0.39, 0.29) is 6.61 Å². The molecule has 0 heterocycles. The second-order valence-corrected chi connectivity index (χ2v) is 5.61. The van der Waals surface area contributed by atoms with Gasteiger partial charge in [0.05, 0.1) is 10.7 Å². The van der Waals surface area contributed by atoms with Crippen LogP contribution in [0.3, 0.4) is 0 Å². The van der Waals surface area contributed by atoms with Crippen LogP contribution in [0.2, 0.25) is 5.02 Å². The van der Waals surface area contributed by atoms with E-state index in [9.17, 15) is 5.11 Å². The van der Waals surface area contributed by atoms with Gasteiger partial charge < -0.3 is 15.2 Å². The van der Waals surface area contributed by atoms with Crippen LogP contribution in [0.15, 0.2) is 53.0 Å². The SMILES string of the molecule is OC(CNc1ccc(Br)cc1Cl)COc1ccccc1. The number of nitrogens with one attached hydrogen (secondary N) is 1. The first-order chi connectivity index (χ1) is 9.65. The van der Waals surface area contributed by atoms with Crippen molar-refractivity contribution >= 4 is 33.2 Å². The van der Waals surface area contributed by atoms with Gasteiger partial charge in [0.2, 0.25) is 0 Å². The third kappa shape index (κ3) is 4.71. The highest BCUT2D eigenvalue weighted by Gasteiger charge is 2.07. The molecule has 106 valence electrons. The van der Waals surface area contributed by atoms with Crippen molar-refractivity contribution in [1.82, 2.24) is 0 Å². The van der Waals surface area contributed by atoms with Gasteiger partial charge in [-0.2, -0.15) is 0 Å². The topological polar surface area (TPSA) is 41.5 Å².